The zero-order valence-corrected chi connectivity index (χ0v) is 9.35. The van der Waals surface area contributed by atoms with Gasteiger partial charge in [-0.1, -0.05) is 12.1 Å². The van der Waals surface area contributed by atoms with E-state index in [2.05, 4.69) is 44.3 Å². The number of anilines is 1. The summed E-state index contributed by atoms with van der Waals surface area (Å²) in [6.45, 7) is 6.63. The molecule has 0 atom stereocenters. The predicted octanol–water partition coefficient (Wildman–Crippen LogP) is 3.39. The molecule has 1 aromatic carbocycles. The summed E-state index contributed by atoms with van der Waals surface area (Å²) in [7, 11) is 0. The molecule has 0 unspecified atom stereocenters. The molecule has 0 spiro atoms. The van der Waals surface area contributed by atoms with Crippen molar-refractivity contribution in [1.29, 1.82) is 0 Å². The lowest BCUT2D eigenvalue weighted by Gasteiger charge is -2.24. The van der Waals surface area contributed by atoms with Gasteiger partial charge in [-0.15, -0.1) is 0 Å². The van der Waals surface area contributed by atoms with E-state index in [1.807, 2.05) is 0 Å². The molecule has 0 radical (unpaired) electrons. The number of hydrogen-bond donors (Lipinski definition) is 1. The Hall–Kier alpha value is -0.980. The maximum Gasteiger partial charge on any atom is 0.0379 e. The average molecular weight is 189 g/mol. The van der Waals surface area contributed by atoms with Crippen molar-refractivity contribution in [2.45, 2.75) is 45.6 Å². The molecule has 1 N–H and O–H groups in total. The van der Waals surface area contributed by atoms with E-state index >= 15 is 0 Å². The van der Waals surface area contributed by atoms with Crippen molar-refractivity contribution < 1.29 is 0 Å². The quantitative estimate of drug-likeness (QED) is 0.714. The zero-order chi connectivity index (χ0) is 10.2. The van der Waals surface area contributed by atoms with Crippen molar-refractivity contribution in [1.82, 2.24) is 0 Å². The van der Waals surface area contributed by atoms with Crippen molar-refractivity contribution in [3.05, 3.63) is 29.3 Å². The molecule has 0 aliphatic heterocycles. The molecule has 76 valence electrons. The summed E-state index contributed by atoms with van der Waals surface area (Å²) in [5, 5.41) is 3.58. The summed E-state index contributed by atoms with van der Waals surface area (Å²) >= 11 is 0. The fourth-order valence-electron chi connectivity index (χ4n) is 2.14. The number of fused-ring (bicyclic) bond motifs is 1. The van der Waals surface area contributed by atoms with Crippen molar-refractivity contribution in [3.63, 3.8) is 0 Å². The lowest BCUT2D eigenvalue weighted by atomic mass is 10.0. The van der Waals surface area contributed by atoms with Crippen molar-refractivity contribution >= 4 is 5.69 Å². The van der Waals surface area contributed by atoms with Gasteiger partial charge in [0.1, 0.15) is 0 Å². The second kappa shape index (κ2) is 3.30. The van der Waals surface area contributed by atoms with Gasteiger partial charge in [-0.25, -0.2) is 0 Å². The molecule has 0 fully saturated rings. The number of rotatable bonds is 1. The lowest BCUT2D eigenvalue weighted by Crippen LogP contribution is -2.26. The molecule has 0 heterocycles. The summed E-state index contributed by atoms with van der Waals surface area (Å²) in [6.07, 6.45) is 3.82. The lowest BCUT2D eigenvalue weighted by molar-refractivity contribution is 0.633. The standard InChI is InChI=1S/C13H19N/c1-13(2,3)14-12-9-5-7-10-6-4-8-11(10)12/h5,7,9,14H,4,6,8H2,1-3H3. The van der Waals surface area contributed by atoms with Crippen LogP contribution in [0.4, 0.5) is 5.69 Å². The highest BCUT2D eigenvalue weighted by Crippen LogP contribution is 2.30. The van der Waals surface area contributed by atoms with Gasteiger partial charge in [0.05, 0.1) is 0 Å². The summed E-state index contributed by atoms with van der Waals surface area (Å²) in [5.74, 6) is 0. The van der Waals surface area contributed by atoms with Crippen molar-refractivity contribution in [2.75, 3.05) is 5.32 Å². The van der Waals surface area contributed by atoms with Crippen molar-refractivity contribution in [3.8, 4) is 0 Å². The highest BCUT2D eigenvalue weighted by atomic mass is 15.0. The van der Waals surface area contributed by atoms with Crippen LogP contribution in [-0.2, 0) is 12.8 Å². The van der Waals surface area contributed by atoms with E-state index in [0.29, 0.717) is 0 Å². The van der Waals surface area contributed by atoms with Gasteiger partial charge >= 0.3 is 0 Å². The van der Waals surface area contributed by atoms with Gasteiger partial charge in [0.25, 0.3) is 0 Å². The Labute approximate surface area is 86.5 Å². The summed E-state index contributed by atoms with van der Waals surface area (Å²) < 4.78 is 0. The zero-order valence-electron chi connectivity index (χ0n) is 9.35. The highest BCUT2D eigenvalue weighted by Gasteiger charge is 2.17. The second-order valence-corrected chi connectivity index (χ2v) is 5.17. The van der Waals surface area contributed by atoms with Crippen LogP contribution in [0.3, 0.4) is 0 Å². The topological polar surface area (TPSA) is 12.0 Å². The Morgan fingerprint density at radius 2 is 1.93 bits per heavy atom. The second-order valence-electron chi connectivity index (χ2n) is 5.17. The van der Waals surface area contributed by atoms with E-state index in [4.69, 9.17) is 0 Å². The van der Waals surface area contributed by atoms with E-state index in [1.54, 1.807) is 11.1 Å². The van der Waals surface area contributed by atoms with Crippen LogP contribution >= 0.6 is 0 Å². The Morgan fingerprint density at radius 1 is 1.14 bits per heavy atom. The average Bonchev–Trinajstić information content (AvgIpc) is 2.49. The van der Waals surface area contributed by atoms with Crippen molar-refractivity contribution in [2.24, 2.45) is 0 Å². The molecule has 14 heavy (non-hydrogen) atoms. The first kappa shape index (κ1) is 9.57. The molecule has 1 heteroatoms. The predicted molar refractivity (Wildman–Crippen MR) is 61.8 cm³/mol. The Morgan fingerprint density at radius 3 is 2.64 bits per heavy atom. The molecule has 0 saturated heterocycles. The van der Waals surface area contributed by atoms with Crippen LogP contribution in [0.25, 0.3) is 0 Å². The van der Waals surface area contributed by atoms with Gasteiger partial charge in [-0.05, 0) is 57.2 Å². The van der Waals surface area contributed by atoms with Gasteiger partial charge in [-0.3, -0.25) is 0 Å². The van der Waals surface area contributed by atoms with Gasteiger partial charge < -0.3 is 5.32 Å². The summed E-state index contributed by atoms with van der Waals surface area (Å²) in [6, 6.07) is 6.63. The number of nitrogens with one attached hydrogen (secondary N) is 1. The molecule has 0 bridgehead atoms. The Kier molecular flexibility index (Phi) is 2.26. The van der Waals surface area contributed by atoms with Crippen LogP contribution in [-0.4, -0.2) is 5.54 Å². The minimum atomic E-state index is 0.164. The summed E-state index contributed by atoms with van der Waals surface area (Å²) in [4.78, 5) is 0. The van der Waals surface area contributed by atoms with Gasteiger partial charge in [0.2, 0.25) is 0 Å². The Bertz CT molecular complexity index is 334. The van der Waals surface area contributed by atoms with Gasteiger partial charge in [0.15, 0.2) is 0 Å². The Balaban J connectivity index is 2.31. The maximum atomic E-state index is 3.58. The molecule has 1 aliphatic carbocycles. The maximum absolute atomic E-state index is 3.58. The van der Waals surface area contributed by atoms with Crippen LogP contribution in [0, 0.1) is 0 Å². The molecule has 2 rings (SSSR count). The first-order chi connectivity index (χ1) is 6.56. The molecule has 1 aliphatic rings. The fraction of sp³-hybridized carbons (Fsp3) is 0.538. The van der Waals surface area contributed by atoms with Crippen LogP contribution in [0.5, 0.6) is 0 Å². The largest absolute Gasteiger partial charge is 0.380 e. The number of aryl methyl sites for hydroxylation is 1. The molecule has 0 aromatic heterocycles. The van der Waals surface area contributed by atoms with Crippen LogP contribution in [0.2, 0.25) is 0 Å². The van der Waals surface area contributed by atoms with Gasteiger partial charge in [-0.2, -0.15) is 0 Å². The van der Waals surface area contributed by atoms with E-state index in [-0.39, 0.29) is 5.54 Å². The normalized spacial score (nSPS) is 15.4. The first-order valence-corrected chi connectivity index (χ1v) is 5.45. The number of hydrogen-bond acceptors (Lipinski definition) is 1. The van der Waals surface area contributed by atoms with Gasteiger partial charge in [0, 0.05) is 11.2 Å². The molecule has 1 nitrogen and oxygen atoms in total. The molecule has 0 saturated carbocycles. The monoisotopic (exact) mass is 189 g/mol. The first-order valence-electron chi connectivity index (χ1n) is 5.45. The molecular formula is C13H19N. The smallest absolute Gasteiger partial charge is 0.0379 e. The van der Waals surface area contributed by atoms with E-state index < -0.39 is 0 Å². The third-order valence-electron chi connectivity index (χ3n) is 2.66. The molecule has 0 amide bonds. The van der Waals surface area contributed by atoms with Crippen LogP contribution in [0.1, 0.15) is 38.3 Å². The highest BCUT2D eigenvalue weighted by molar-refractivity contribution is 5.57. The molecule has 1 aromatic rings. The fourth-order valence-corrected chi connectivity index (χ4v) is 2.14. The van der Waals surface area contributed by atoms with E-state index in [9.17, 15) is 0 Å². The summed E-state index contributed by atoms with van der Waals surface area (Å²) in [5.41, 5.74) is 4.59. The van der Waals surface area contributed by atoms with E-state index in [1.165, 1.54) is 24.9 Å². The minimum absolute atomic E-state index is 0.164. The van der Waals surface area contributed by atoms with Crippen LogP contribution in [0.15, 0.2) is 18.2 Å². The minimum Gasteiger partial charge on any atom is -0.380 e. The van der Waals surface area contributed by atoms with E-state index in [0.717, 1.165) is 0 Å². The third kappa shape index (κ3) is 1.92. The third-order valence-corrected chi connectivity index (χ3v) is 2.66. The molecular weight excluding hydrogens is 170 g/mol. The van der Waals surface area contributed by atoms with Crippen LogP contribution < -0.4 is 5.32 Å². The SMILES string of the molecule is CC(C)(C)Nc1cccc2c1CCC2. The number of benzene rings is 1.